The molecule has 0 aliphatic carbocycles. The molecule has 0 heterocycles. The third-order valence-electron chi connectivity index (χ3n) is 13.2. The minimum atomic E-state index is -0.762. The number of esters is 3. The molecule has 0 N–H and O–H groups in total. The van der Waals surface area contributed by atoms with Crippen molar-refractivity contribution < 1.29 is 28.6 Å². The standard InChI is InChI=1S/C58H112O6/c1-6-7-8-9-10-11-21-30-35-40-45-50-58(61)64-55(52-63-57(60)49-44-39-34-29-25-20-23-27-32-37-42-47-54(4)5)51-62-56(59)48-43-38-33-28-24-19-17-15-13-12-14-16-18-22-26-31-36-41-46-53(2)3/h53-55H,6-52H2,1-5H3/t55-/m0/s1. The summed E-state index contributed by atoms with van der Waals surface area (Å²) >= 11 is 0. The Balaban J connectivity index is 4.21. The van der Waals surface area contributed by atoms with Crippen LogP contribution in [0.5, 0.6) is 0 Å². The van der Waals surface area contributed by atoms with Gasteiger partial charge in [0.25, 0.3) is 0 Å². The molecule has 380 valence electrons. The van der Waals surface area contributed by atoms with Gasteiger partial charge in [0.15, 0.2) is 6.10 Å². The predicted molar refractivity (Wildman–Crippen MR) is 275 cm³/mol. The molecule has 64 heavy (non-hydrogen) atoms. The lowest BCUT2D eigenvalue weighted by atomic mass is 10.0. The van der Waals surface area contributed by atoms with E-state index in [2.05, 4.69) is 34.6 Å². The van der Waals surface area contributed by atoms with E-state index in [1.54, 1.807) is 0 Å². The van der Waals surface area contributed by atoms with Gasteiger partial charge in [0.1, 0.15) is 13.2 Å². The average molecular weight is 906 g/mol. The molecule has 0 saturated heterocycles. The van der Waals surface area contributed by atoms with E-state index in [1.165, 1.54) is 212 Å². The van der Waals surface area contributed by atoms with Gasteiger partial charge in [-0.25, -0.2) is 0 Å². The van der Waals surface area contributed by atoms with Crippen molar-refractivity contribution in [3.05, 3.63) is 0 Å². The molecule has 1 atom stereocenters. The van der Waals surface area contributed by atoms with Crippen molar-refractivity contribution >= 4 is 17.9 Å². The number of hydrogen-bond donors (Lipinski definition) is 0. The lowest BCUT2D eigenvalue weighted by molar-refractivity contribution is -0.167. The van der Waals surface area contributed by atoms with Crippen molar-refractivity contribution in [2.45, 2.75) is 330 Å². The van der Waals surface area contributed by atoms with Crippen LogP contribution in [-0.4, -0.2) is 37.2 Å². The molecule has 0 aromatic rings. The minimum Gasteiger partial charge on any atom is -0.462 e. The maximum Gasteiger partial charge on any atom is 0.306 e. The van der Waals surface area contributed by atoms with Crippen LogP contribution in [-0.2, 0) is 28.6 Å². The van der Waals surface area contributed by atoms with Crippen LogP contribution in [0, 0.1) is 11.8 Å². The molecule has 0 aromatic heterocycles. The monoisotopic (exact) mass is 905 g/mol. The molecule has 0 saturated carbocycles. The zero-order valence-corrected chi connectivity index (χ0v) is 43.9. The zero-order chi connectivity index (χ0) is 46.8. The van der Waals surface area contributed by atoms with Crippen LogP contribution in [0.2, 0.25) is 0 Å². The fourth-order valence-electron chi connectivity index (χ4n) is 8.87. The normalized spacial score (nSPS) is 12.0. The van der Waals surface area contributed by atoms with Crippen molar-refractivity contribution in [1.29, 1.82) is 0 Å². The topological polar surface area (TPSA) is 78.9 Å². The summed E-state index contributed by atoms with van der Waals surface area (Å²) in [4.78, 5) is 38.1. The first-order valence-electron chi connectivity index (χ1n) is 28.7. The molecule has 0 aliphatic rings. The molecule has 0 radical (unpaired) electrons. The van der Waals surface area contributed by atoms with Gasteiger partial charge in [-0.3, -0.25) is 14.4 Å². The van der Waals surface area contributed by atoms with Crippen LogP contribution < -0.4 is 0 Å². The van der Waals surface area contributed by atoms with E-state index in [1.807, 2.05) is 0 Å². The van der Waals surface area contributed by atoms with Crippen LogP contribution in [0.3, 0.4) is 0 Å². The van der Waals surface area contributed by atoms with E-state index in [0.717, 1.165) is 69.6 Å². The molecule has 0 unspecified atom stereocenters. The Labute approximate surface area is 399 Å². The van der Waals surface area contributed by atoms with Gasteiger partial charge in [-0.1, -0.05) is 285 Å². The van der Waals surface area contributed by atoms with Crippen LogP contribution in [0.15, 0.2) is 0 Å². The number of carbonyl (C=O) groups is 3. The summed E-state index contributed by atoms with van der Waals surface area (Å²) in [6, 6.07) is 0. The Hall–Kier alpha value is -1.59. The third-order valence-corrected chi connectivity index (χ3v) is 13.2. The highest BCUT2D eigenvalue weighted by molar-refractivity contribution is 5.71. The van der Waals surface area contributed by atoms with Crippen LogP contribution >= 0.6 is 0 Å². The molecule has 0 fully saturated rings. The molecule has 0 aromatic carbocycles. The quantitative estimate of drug-likeness (QED) is 0.0344. The zero-order valence-electron chi connectivity index (χ0n) is 43.9. The van der Waals surface area contributed by atoms with Gasteiger partial charge in [-0.15, -0.1) is 0 Å². The number of rotatable bonds is 52. The van der Waals surface area contributed by atoms with E-state index >= 15 is 0 Å². The summed E-state index contributed by atoms with van der Waals surface area (Å²) in [5.41, 5.74) is 0. The van der Waals surface area contributed by atoms with Crippen molar-refractivity contribution in [3.63, 3.8) is 0 Å². The smallest absolute Gasteiger partial charge is 0.306 e. The van der Waals surface area contributed by atoms with Crippen molar-refractivity contribution in [1.82, 2.24) is 0 Å². The van der Waals surface area contributed by atoms with Gasteiger partial charge in [-0.2, -0.15) is 0 Å². The maximum absolute atomic E-state index is 12.8. The van der Waals surface area contributed by atoms with Gasteiger partial charge >= 0.3 is 17.9 Å². The van der Waals surface area contributed by atoms with Gasteiger partial charge in [0, 0.05) is 19.3 Å². The molecule has 0 aliphatic heterocycles. The molecular formula is C58H112O6. The van der Waals surface area contributed by atoms with Crippen LogP contribution in [0.25, 0.3) is 0 Å². The van der Waals surface area contributed by atoms with Crippen LogP contribution in [0.4, 0.5) is 0 Å². The second kappa shape index (κ2) is 50.8. The van der Waals surface area contributed by atoms with E-state index in [0.29, 0.717) is 19.3 Å². The predicted octanol–water partition coefficient (Wildman–Crippen LogP) is 18.9. The lowest BCUT2D eigenvalue weighted by Gasteiger charge is -2.18. The van der Waals surface area contributed by atoms with Gasteiger partial charge in [-0.05, 0) is 31.1 Å². The summed E-state index contributed by atoms with van der Waals surface area (Å²) in [5.74, 6) is 0.845. The van der Waals surface area contributed by atoms with E-state index < -0.39 is 6.10 Å². The van der Waals surface area contributed by atoms with Gasteiger partial charge in [0.05, 0.1) is 0 Å². The highest BCUT2D eigenvalue weighted by Gasteiger charge is 2.19. The summed E-state index contributed by atoms with van der Waals surface area (Å²) in [6.45, 7) is 11.4. The summed E-state index contributed by atoms with van der Waals surface area (Å²) in [7, 11) is 0. The van der Waals surface area contributed by atoms with Crippen LogP contribution in [0.1, 0.15) is 324 Å². The molecule has 0 rings (SSSR count). The minimum absolute atomic E-state index is 0.0628. The maximum atomic E-state index is 12.8. The first-order valence-corrected chi connectivity index (χ1v) is 28.7. The summed E-state index contributed by atoms with van der Waals surface area (Å²) < 4.78 is 16.9. The molecule has 6 heteroatoms. The fraction of sp³-hybridized carbons (Fsp3) is 0.948. The molecular weight excluding hydrogens is 793 g/mol. The second-order valence-electron chi connectivity index (χ2n) is 20.9. The van der Waals surface area contributed by atoms with E-state index in [4.69, 9.17) is 14.2 Å². The number of ether oxygens (including phenoxy) is 3. The van der Waals surface area contributed by atoms with Gasteiger partial charge < -0.3 is 14.2 Å². The Morgan fingerprint density at radius 3 is 0.766 bits per heavy atom. The van der Waals surface area contributed by atoms with Crippen molar-refractivity contribution in [3.8, 4) is 0 Å². The molecule has 0 amide bonds. The Bertz CT molecular complexity index is 978. The largest absolute Gasteiger partial charge is 0.462 e. The Morgan fingerprint density at radius 2 is 0.516 bits per heavy atom. The average Bonchev–Trinajstić information content (AvgIpc) is 3.27. The fourth-order valence-corrected chi connectivity index (χ4v) is 8.87. The summed E-state index contributed by atoms with van der Waals surface area (Å²) in [5, 5.41) is 0. The van der Waals surface area contributed by atoms with Crippen molar-refractivity contribution in [2.75, 3.05) is 13.2 Å². The van der Waals surface area contributed by atoms with E-state index in [9.17, 15) is 14.4 Å². The number of carbonyl (C=O) groups excluding carboxylic acids is 3. The highest BCUT2D eigenvalue weighted by Crippen LogP contribution is 2.18. The summed E-state index contributed by atoms with van der Waals surface area (Å²) in [6.07, 6.45) is 53.8. The SMILES string of the molecule is CCCCCCCCCCCCCC(=O)O[C@@H](COC(=O)CCCCCCCCCCCCCCCCCCCCC(C)C)COC(=O)CCCCCCCCCCCCCC(C)C. The Morgan fingerprint density at radius 1 is 0.297 bits per heavy atom. The third kappa shape index (κ3) is 51.4. The Kier molecular flexibility index (Phi) is 49.6. The van der Waals surface area contributed by atoms with Crippen molar-refractivity contribution in [2.24, 2.45) is 11.8 Å². The molecule has 0 spiro atoms. The second-order valence-corrected chi connectivity index (χ2v) is 20.9. The highest BCUT2D eigenvalue weighted by atomic mass is 16.6. The molecule has 6 nitrogen and oxygen atoms in total. The first-order chi connectivity index (χ1) is 31.2. The first kappa shape index (κ1) is 62.4. The van der Waals surface area contributed by atoms with E-state index in [-0.39, 0.29) is 31.1 Å². The molecule has 0 bridgehead atoms. The van der Waals surface area contributed by atoms with Gasteiger partial charge in [0.2, 0.25) is 0 Å². The number of hydrogen-bond acceptors (Lipinski definition) is 6. The number of unbranched alkanes of at least 4 members (excludes halogenated alkanes) is 37. The lowest BCUT2D eigenvalue weighted by Crippen LogP contribution is -2.30.